The zero-order valence-electron chi connectivity index (χ0n) is 15.7. The number of ether oxygens (including phenoxy) is 4. The van der Waals surface area contributed by atoms with E-state index in [1.165, 1.54) is 6.21 Å². The Hall–Kier alpha value is -2.93. The van der Waals surface area contributed by atoms with Crippen LogP contribution in [0.2, 0.25) is 5.02 Å². The summed E-state index contributed by atoms with van der Waals surface area (Å²) >= 11 is 6.32. The first-order valence-corrected chi connectivity index (χ1v) is 9.32. The van der Waals surface area contributed by atoms with Crippen molar-refractivity contribution in [3.8, 4) is 23.0 Å². The molecule has 3 rings (SSSR count). The van der Waals surface area contributed by atoms with E-state index in [-0.39, 0.29) is 12.7 Å². The van der Waals surface area contributed by atoms with Gasteiger partial charge in [0.2, 0.25) is 6.79 Å². The van der Waals surface area contributed by atoms with Gasteiger partial charge in [-0.2, -0.15) is 5.10 Å². The number of nitrogens with zero attached hydrogens (tertiary/aromatic N) is 1. The van der Waals surface area contributed by atoms with Gasteiger partial charge in [-0.3, -0.25) is 4.79 Å². The number of carbonyl (C=O) groups excluding carboxylic acids is 1. The Balaban J connectivity index is 1.70. The fourth-order valence-corrected chi connectivity index (χ4v) is 2.81. The second-order valence-corrected chi connectivity index (χ2v) is 6.29. The molecule has 0 saturated carbocycles. The molecule has 1 aliphatic rings. The predicted octanol–water partition coefficient (Wildman–Crippen LogP) is 4.02. The maximum atomic E-state index is 12.3. The van der Waals surface area contributed by atoms with Crippen LogP contribution in [0.4, 0.5) is 0 Å². The van der Waals surface area contributed by atoms with E-state index in [1.807, 2.05) is 13.8 Å². The Morgan fingerprint density at radius 2 is 2.04 bits per heavy atom. The maximum absolute atomic E-state index is 12.3. The Bertz CT molecular complexity index is 885. The van der Waals surface area contributed by atoms with Gasteiger partial charge in [-0.15, -0.1) is 0 Å². The van der Waals surface area contributed by atoms with Crippen molar-refractivity contribution in [1.29, 1.82) is 0 Å². The van der Waals surface area contributed by atoms with Gasteiger partial charge in [0, 0.05) is 5.56 Å². The number of rotatable bonds is 8. The van der Waals surface area contributed by atoms with E-state index in [2.05, 4.69) is 10.5 Å². The molecule has 148 valence electrons. The first kappa shape index (κ1) is 19.8. The SMILES string of the molecule is CCCOc1c(Cl)cc(/C=N\NC(=O)c2ccc3c(c2)OCO3)cc1OCC. The van der Waals surface area contributed by atoms with Gasteiger partial charge in [-0.05, 0) is 49.2 Å². The number of amides is 1. The molecule has 0 aliphatic carbocycles. The molecule has 0 radical (unpaired) electrons. The van der Waals surface area contributed by atoms with E-state index in [4.69, 9.17) is 30.5 Å². The average Bonchev–Trinajstić information content (AvgIpc) is 3.15. The average molecular weight is 405 g/mol. The minimum absolute atomic E-state index is 0.152. The summed E-state index contributed by atoms with van der Waals surface area (Å²) in [4.78, 5) is 12.3. The number of carbonyl (C=O) groups is 1. The van der Waals surface area contributed by atoms with Crippen molar-refractivity contribution in [3.63, 3.8) is 0 Å². The van der Waals surface area contributed by atoms with Gasteiger partial charge in [-0.25, -0.2) is 5.43 Å². The summed E-state index contributed by atoms with van der Waals surface area (Å²) in [5.74, 6) is 1.82. The van der Waals surface area contributed by atoms with Crippen molar-refractivity contribution >= 4 is 23.7 Å². The molecule has 7 nitrogen and oxygen atoms in total. The normalized spacial score (nSPS) is 12.2. The third-order valence-corrected chi connectivity index (χ3v) is 4.08. The fourth-order valence-electron chi connectivity index (χ4n) is 2.54. The highest BCUT2D eigenvalue weighted by atomic mass is 35.5. The Morgan fingerprint density at radius 1 is 1.21 bits per heavy atom. The molecule has 2 aromatic rings. The number of halogens is 1. The summed E-state index contributed by atoms with van der Waals surface area (Å²) < 4.78 is 21.8. The van der Waals surface area contributed by atoms with E-state index >= 15 is 0 Å². The third-order valence-electron chi connectivity index (χ3n) is 3.80. The van der Waals surface area contributed by atoms with Crippen LogP contribution >= 0.6 is 11.6 Å². The molecule has 1 amide bonds. The van der Waals surface area contributed by atoms with Gasteiger partial charge in [0.15, 0.2) is 23.0 Å². The molecule has 1 heterocycles. The van der Waals surface area contributed by atoms with Crippen LogP contribution in [0.1, 0.15) is 36.2 Å². The predicted molar refractivity (Wildman–Crippen MR) is 106 cm³/mol. The quantitative estimate of drug-likeness (QED) is 0.531. The number of hydrazone groups is 1. The summed E-state index contributed by atoms with van der Waals surface area (Å²) in [6.45, 7) is 5.06. The third kappa shape index (κ3) is 4.67. The summed E-state index contributed by atoms with van der Waals surface area (Å²) in [5, 5.41) is 4.41. The van der Waals surface area contributed by atoms with Crippen molar-refractivity contribution < 1.29 is 23.7 Å². The molecule has 1 N–H and O–H groups in total. The molecule has 28 heavy (non-hydrogen) atoms. The Kier molecular flexibility index (Phi) is 6.60. The molecule has 0 atom stereocenters. The van der Waals surface area contributed by atoms with Gasteiger partial charge in [0.25, 0.3) is 5.91 Å². The van der Waals surface area contributed by atoms with E-state index in [1.54, 1.807) is 30.3 Å². The summed E-state index contributed by atoms with van der Waals surface area (Å²) in [7, 11) is 0. The van der Waals surface area contributed by atoms with E-state index in [9.17, 15) is 4.79 Å². The molecule has 0 aromatic heterocycles. The van der Waals surface area contributed by atoms with Gasteiger partial charge in [0.1, 0.15) is 0 Å². The van der Waals surface area contributed by atoms with Gasteiger partial charge < -0.3 is 18.9 Å². The fraction of sp³-hybridized carbons (Fsp3) is 0.300. The molecule has 8 heteroatoms. The van der Waals surface area contributed by atoms with E-state index in [0.717, 1.165) is 6.42 Å². The van der Waals surface area contributed by atoms with Crippen LogP contribution in [-0.2, 0) is 0 Å². The largest absolute Gasteiger partial charge is 0.490 e. The van der Waals surface area contributed by atoms with Crippen LogP contribution in [0.5, 0.6) is 23.0 Å². The van der Waals surface area contributed by atoms with Crippen LogP contribution in [0.25, 0.3) is 0 Å². The van der Waals surface area contributed by atoms with Gasteiger partial charge >= 0.3 is 0 Å². The molecule has 0 spiro atoms. The summed E-state index contributed by atoms with van der Waals surface area (Å²) in [6, 6.07) is 8.39. The van der Waals surface area contributed by atoms with Crippen LogP contribution in [0, 0.1) is 0 Å². The van der Waals surface area contributed by atoms with E-state index in [0.29, 0.717) is 52.4 Å². The molecule has 0 unspecified atom stereocenters. The zero-order valence-corrected chi connectivity index (χ0v) is 16.4. The number of hydrogen-bond acceptors (Lipinski definition) is 6. The standard InChI is InChI=1S/C20H21ClN2O5/c1-3-7-26-19-15(21)8-13(9-18(19)25-4-2)11-22-23-20(24)14-5-6-16-17(10-14)28-12-27-16/h5-6,8-11H,3-4,7,12H2,1-2H3,(H,23,24)/b22-11-. The van der Waals surface area contributed by atoms with Crippen molar-refractivity contribution in [3.05, 3.63) is 46.5 Å². The highest BCUT2D eigenvalue weighted by Gasteiger charge is 2.16. The topological polar surface area (TPSA) is 78.4 Å². The zero-order chi connectivity index (χ0) is 19.9. The lowest BCUT2D eigenvalue weighted by molar-refractivity contribution is 0.0954. The minimum atomic E-state index is -0.367. The first-order valence-electron chi connectivity index (χ1n) is 8.94. The minimum Gasteiger partial charge on any atom is -0.490 e. The number of benzene rings is 2. The van der Waals surface area contributed by atoms with Crippen LogP contribution in [0.3, 0.4) is 0 Å². The second kappa shape index (κ2) is 9.32. The Morgan fingerprint density at radius 3 is 2.82 bits per heavy atom. The molecule has 2 aromatic carbocycles. The van der Waals surface area contributed by atoms with Crippen molar-refractivity contribution in [1.82, 2.24) is 5.43 Å². The molecule has 0 fully saturated rings. The number of fused-ring (bicyclic) bond motifs is 1. The monoisotopic (exact) mass is 404 g/mol. The molecule has 0 bridgehead atoms. The smallest absolute Gasteiger partial charge is 0.271 e. The lowest BCUT2D eigenvalue weighted by Gasteiger charge is -2.13. The van der Waals surface area contributed by atoms with Crippen molar-refractivity contribution in [2.24, 2.45) is 5.10 Å². The van der Waals surface area contributed by atoms with Gasteiger partial charge in [-0.1, -0.05) is 18.5 Å². The first-order chi connectivity index (χ1) is 13.6. The van der Waals surface area contributed by atoms with Crippen LogP contribution in [0.15, 0.2) is 35.4 Å². The lowest BCUT2D eigenvalue weighted by atomic mass is 10.2. The number of nitrogens with one attached hydrogen (secondary N) is 1. The van der Waals surface area contributed by atoms with Crippen LogP contribution < -0.4 is 24.4 Å². The Labute approximate surface area is 168 Å². The maximum Gasteiger partial charge on any atom is 0.271 e. The number of hydrogen-bond donors (Lipinski definition) is 1. The highest BCUT2D eigenvalue weighted by molar-refractivity contribution is 6.32. The van der Waals surface area contributed by atoms with Crippen molar-refractivity contribution in [2.75, 3.05) is 20.0 Å². The molecular formula is C20H21ClN2O5. The van der Waals surface area contributed by atoms with Crippen LogP contribution in [-0.4, -0.2) is 32.1 Å². The highest BCUT2D eigenvalue weighted by Crippen LogP contribution is 2.36. The lowest BCUT2D eigenvalue weighted by Crippen LogP contribution is -2.17. The van der Waals surface area contributed by atoms with Gasteiger partial charge in [0.05, 0.1) is 24.5 Å². The summed E-state index contributed by atoms with van der Waals surface area (Å²) in [6.07, 6.45) is 2.35. The second-order valence-electron chi connectivity index (χ2n) is 5.88. The molecular weight excluding hydrogens is 384 g/mol. The van der Waals surface area contributed by atoms with Crippen molar-refractivity contribution in [2.45, 2.75) is 20.3 Å². The van der Waals surface area contributed by atoms with E-state index < -0.39 is 0 Å². The summed E-state index contributed by atoms with van der Waals surface area (Å²) in [5.41, 5.74) is 3.56. The molecule has 1 aliphatic heterocycles. The molecule has 0 saturated heterocycles.